The Bertz CT molecular complexity index is 258. The number of hydrogen-bond acceptors (Lipinski definition) is 2. The predicted molar refractivity (Wildman–Crippen MR) is 76.7 cm³/mol. The maximum Gasteiger partial charge on any atom is 0.0675 e. The van der Waals surface area contributed by atoms with Gasteiger partial charge in [-0.25, -0.2) is 0 Å². The van der Waals surface area contributed by atoms with Gasteiger partial charge in [-0.1, -0.05) is 40.5 Å². The number of ether oxygens (including phenoxy) is 1. The summed E-state index contributed by atoms with van der Waals surface area (Å²) in [6.45, 7) is 11.3. The maximum absolute atomic E-state index is 6.17. The first kappa shape index (κ1) is 14.3. The van der Waals surface area contributed by atoms with Crippen LogP contribution in [0.2, 0.25) is 0 Å². The van der Waals surface area contributed by atoms with Gasteiger partial charge in [0.05, 0.1) is 6.10 Å². The summed E-state index contributed by atoms with van der Waals surface area (Å²) in [5.74, 6) is 1.68. The lowest BCUT2D eigenvalue weighted by Crippen LogP contribution is -2.48. The SMILES string of the molecule is CCC(CC)C1(CNC(C)C)CCOC1C1CC1. The van der Waals surface area contributed by atoms with Gasteiger partial charge in [-0.3, -0.25) is 0 Å². The van der Waals surface area contributed by atoms with Crippen LogP contribution in [0.1, 0.15) is 59.8 Å². The van der Waals surface area contributed by atoms with E-state index in [1.54, 1.807) is 0 Å². The van der Waals surface area contributed by atoms with Gasteiger partial charge in [0.15, 0.2) is 0 Å². The highest BCUT2D eigenvalue weighted by molar-refractivity contribution is 5.03. The third-order valence-corrected chi connectivity index (χ3v) is 5.12. The molecule has 2 aliphatic rings. The Morgan fingerprint density at radius 3 is 2.39 bits per heavy atom. The van der Waals surface area contributed by atoms with Gasteiger partial charge in [0.1, 0.15) is 0 Å². The summed E-state index contributed by atoms with van der Waals surface area (Å²) in [7, 11) is 0. The monoisotopic (exact) mass is 253 g/mol. The van der Waals surface area contributed by atoms with Gasteiger partial charge in [0.2, 0.25) is 0 Å². The molecule has 0 aromatic carbocycles. The zero-order valence-electron chi connectivity index (χ0n) is 12.7. The van der Waals surface area contributed by atoms with E-state index < -0.39 is 0 Å². The van der Waals surface area contributed by atoms with Crippen molar-refractivity contribution in [3.05, 3.63) is 0 Å². The first-order chi connectivity index (χ1) is 8.64. The lowest BCUT2D eigenvalue weighted by Gasteiger charge is -2.41. The van der Waals surface area contributed by atoms with E-state index in [0.717, 1.165) is 25.0 Å². The second kappa shape index (κ2) is 5.92. The van der Waals surface area contributed by atoms with Crippen LogP contribution in [-0.4, -0.2) is 25.3 Å². The van der Waals surface area contributed by atoms with Crippen LogP contribution in [0.25, 0.3) is 0 Å². The third-order valence-electron chi connectivity index (χ3n) is 5.12. The van der Waals surface area contributed by atoms with Gasteiger partial charge < -0.3 is 10.1 Å². The Kier molecular flexibility index (Phi) is 4.71. The van der Waals surface area contributed by atoms with Crippen LogP contribution in [0.4, 0.5) is 0 Å². The fourth-order valence-electron chi connectivity index (χ4n) is 3.95. The van der Waals surface area contributed by atoms with E-state index in [9.17, 15) is 0 Å². The Morgan fingerprint density at radius 2 is 1.89 bits per heavy atom. The van der Waals surface area contributed by atoms with Gasteiger partial charge >= 0.3 is 0 Å². The van der Waals surface area contributed by atoms with E-state index in [1.807, 2.05) is 0 Å². The second-order valence-electron chi connectivity index (χ2n) is 6.66. The molecule has 0 aromatic rings. The van der Waals surface area contributed by atoms with Crippen molar-refractivity contribution in [1.82, 2.24) is 5.32 Å². The van der Waals surface area contributed by atoms with E-state index in [2.05, 4.69) is 33.0 Å². The van der Waals surface area contributed by atoms with E-state index in [-0.39, 0.29) is 0 Å². The molecule has 18 heavy (non-hydrogen) atoms. The highest BCUT2D eigenvalue weighted by Gasteiger charge is 2.53. The molecule has 1 heterocycles. The lowest BCUT2D eigenvalue weighted by molar-refractivity contribution is -0.00429. The zero-order valence-corrected chi connectivity index (χ0v) is 12.7. The molecule has 1 saturated heterocycles. The molecule has 2 unspecified atom stereocenters. The van der Waals surface area contributed by atoms with Crippen LogP contribution in [-0.2, 0) is 4.74 Å². The quantitative estimate of drug-likeness (QED) is 0.748. The van der Waals surface area contributed by atoms with Crippen molar-refractivity contribution in [3.8, 4) is 0 Å². The molecule has 0 aromatic heterocycles. The average Bonchev–Trinajstić information content (AvgIpc) is 3.10. The first-order valence-electron chi connectivity index (χ1n) is 7.99. The predicted octanol–water partition coefficient (Wildman–Crippen LogP) is 3.61. The smallest absolute Gasteiger partial charge is 0.0675 e. The molecule has 0 amide bonds. The molecule has 1 saturated carbocycles. The average molecular weight is 253 g/mol. The lowest BCUT2D eigenvalue weighted by atomic mass is 9.66. The molecule has 1 N–H and O–H groups in total. The molecular weight excluding hydrogens is 222 g/mol. The van der Waals surface area contributed by atoms with Gasteiger partial charge in [-0.15, -0.1) is 0 Å². The Morgan fingerprint density at radius 1 is 1.22 bits per heavy atom. The number of nitrogens with one attached hydrogen (secondary N) is 1. The van der Waals surface area contributed by atoms with E-state index in [0.29, 0.717) is 17.6 Å². The standard InChI is InChI=1S/C16H31NO/c1-5-14(6-2)16(11-17-12(3)4)9-10-18-15(16)13-7-8-13/h12-15,17H,5-11H2,1-4H3. The Labute approximate surface area is 113 Å². The molecule has 0 radical (unpaired) electrons. The van der Waals surface area contributed by atoms with Crippen LogP contribution in [0, 0.1) is 17.3 Å². The van der Waals surface area contributed by atoms with Crippen molar-refractivity contribution in [2.24, 2.45) is 17.3 Å². The van der Waals surface area contributed by atoms with E-state index in [4.69, 9.17) is 4.74 Å². The largest absolute Gasteiger partial charge is 0.377 e. The van der Waals surface area contributed by atoms with Gasteiger partial charge in [0.25, 0.3) is 0 Å². The first-order valence-corrected chi connectivity index (χ1v) is 7.99. The highest BCUT2D eigenvalue weighted by atomic mass is 16.5. The van der Waals surface area contributed by atoms with Crippen LogP contribution in [0.5, 0.6) is 0 Å². The fourth-order valence-corrected chi connectivity index (χ4v) is 3.95. The molecule has 106 valence electrons. The molecule has 2 fully saturated rings. The summed E-state index contributed by atoms with van der Waals surface area (Å²) < 4.78 is 6.17. The molecule has 2 rings (SSSR count). The molecule has 2 heteroatoms. The summed E-state index contributed by atoms with van der Waals surface area (Å²) in [5, 5.41) is 3.71. The summed E-state index contributed by atoms with van der Waals surface area (Å²) in [6, 6.07) is 0.580. The summed E-state index contributed by atoms with van der Waals surface area (Å²) >= 11 is 0. The third kappa shape index (κ3) is 2.75. The Balaban J connectivity index is 2.14. The molecule has 2 atom stereocenters. The van der Waals surface area contributed by atoms with Crippen molar-refractivity contribution in [1.29, 1.82) is 0 Å². The maximum atomic E-state index is 6.17. The topological polar surface area (TPSA) is 21.3 Å². The molecule has 2 nitrogen and oxygen atoms in total. The minimum absolute atomic E-state index is 0.412. The molecule has 0 bridgehead atoms. The minimum atomic E-state index is 0.412. The normalized spacial score (nSPS) is 32.7. The summed E-state index contributed by atoms with van der Waals surface area (Å²) in [6.07, 6.45) is 7.18. The molecule has 1 aliphatic heterocycles. The zero-order chi connectivity index (χ0) is 13.2. The highest BCUT2D eigenvalue weighted by Crippen LogP contribution is 2.52. The Hall–Kier alpha value is -0.0800. The van der Waals surface area contributed by atoms with Crippen molar-refractivity contribution in [2.75, 3.05) is 13.2 Å². The van der Waals surface area contributed by atoms with Crippen LogP contribution in [0.3, 0.4) is 0 Å². The van der Waals surface area contributed by atoms with E-state index in [1.165, 1.54) is 32.1 Å². The molecule has 0 spiro atoms. The summed E-state index contributed by atoms with van der Waals surface area (Å²) in [5.41, 5.74) is 0.412. The van der Waals surface area contributed by atoms with Crippen molar-refractivity contribution >= 4 is 0 Å². The van der Waals surface area contributed by atoms with Crippen LogP contribution >= 0.6 is 0 Å². The summed E-state index contributed by atoms with van der Waals surface area (Å²) in [4.78, 5) is 0. The van der Waals surface area contributed by atoms with Gasteiger partial charge in [-0.2, -0.15) is 0 Å². The van der Waals surface area contributed by atoms with Gasteiger partial charge in [-0.05, 0) is 31.1 Å². The van der Waals surface area contributed by atoms with Crippen LogP contribution in [0.15, 0.2) is 0 Å². The van der Waals surface area contributed by atoms with Crippen LogP contribution < -0.4 is 5.32 Å². The van der Waals surface area contributed by atoms with Crippen molar-refractivity contribution in [2.45, 2.75) is 71.9 Å². The minimum Gasteiger partial charge on any atom is -0.377 e. The molecular formula is C16H31NO. The van der Waals surface area contributed by atoms with Gasteiger partial charge in [0, 0.05) is 24.6 Å². The second-order valence-corrected chi connectivity index (χ2v) is 6.66. The fraction of sp³-hybridized carbons (Fsp3) is 1.00. The van der Waals surface area contributed by atoms with Crippen molar-refractivity contribution < 1.29 is 4.74 Å². The van der Waals surface area contributed by atoms with E-state index >= 15 is 0 Å². The van der Waals surface area contributed by atoms with Crippen molar-refractivity contribution in [3.63, 3.8) is 0 Å². The molecule has 1 aliphatic carbocycles. The number of rotatable bonds is 7. The number of hydrogen-bond donors (Lipinski definition) is 1.